The van der Waals surface area contributed by atoms with Crippen molar-refractivity contribution in [3.05, 3.63) is 12.2 Å². The molecule has 0 radical (unpaired) electrons. The number of rotatable bonds is 4. The van der Waals surface area contributed by atoms with Gasteiger partial charge in [-0.2, -0.15) is 5.10 Å². The van der Waals surface area contributed by atoms with E-state index in [0.717, 1.165) is 25.5 Å². The average molecular weight is 251 g/mol. The molecule has 5 heteroatoms. The number of nitrogens with one attached hydrogen (secondary N) is 1. The minimum atomic E-state index is 0.554. The molecule has 1 aliphatic heterocycles. The molecule has 0 amide bonds. The fourth-order valence-corrected chi connectivity index (χ4v) is 2.66. The molecule has 1 aliphatic rings. The Hall–Kier alpha value is -0.940. The zero-order valence-electron chi connectivity index (χ0n) is 11.9. The van der Waals surface area contributed by atoms with Crippen molar-refractivity contribution in [1.82, 2.24) is 25.0 Å². The van der Waals surface area contributed by atoms with Crippen molar-refractivity contribution in [2.24, 2.45) is 13.0 Å². The first-order valence-electron chi connectivity index (χ1n) is 6.92. The van der Waals surface area contributed by atoms with E-state index < -0.39 is 0 Å². The highest BCUT2D eigenvalue weighted by atomic mass is 15.3. The fourth-order valence-electron chi connectivity index (χ4n) is 2.66. The first-order chi connectivity index (χ1) is 8.61. The number of nitrogens with zero attached hydrogens (tertiary/aromatic N) is 4. The second kappa shape index (κ2) is 5.80. The predicted molar refractivity (Wildman–Crippen MR) is 72.1 cm³/mol. The number of hydrogen-bond acceptors (Lipinski definition) is 4. The lowest BCUT2D eigenvalue weighted by atomic mass is 9.95. The second-order valence-electron chi connectivity index (χ2n) is 5.49. The van der Waals surface area contributed by atoms with Crippen LogP contribution >= 0.6 is 0 Å². The monoisotopic (exact) mass is 251 g/mol. The summed E-state index contributed by atoms with van der Waals surface area (Å²) in [4.78, 5) is 6.90. The Kier molecular flexibility index (Phi) is 4.35. The molecule has 0 aliphatic carbocycles. The van der Waals surface area contributed by atoms with Gasteiger partial charge in [-0.05, 0) is 12.8 Å². The molecule has 1 aromatic rings. The Bertz CT molecular complexity index is 375. The van der Waals surface area contributed by atoms with Crippen molar-refractivity contribution in [3.63, 3.8) is 0 Å². The van der Waals surface area contributed by atoms with Crippen molar-refractivity contribution >= 4 is 0 Å². The average Bonchev–Trinajstić information content (AvgIpc) is 2.74. The molecule has 2 rings (SSSR count). The third kappa shape index (κ3) is 2.90. The highest BCUT2D eigenvalue weighted by molar-refractivity contribution is 4.91. The molecule has 1 fully saturated rings. The Balaban J connectivity index is 2.08. The van der Waals surface area contributed by atoms with Crippen molar-refractivity contribution in [3.8, 4) is 0 Å². The quantitative estimate of drug-likeness (QED) is 0.868. The van der Waals surface area contributed by atoms with Crippen LogP contribution in [0, 0.1) is 5.92 Å². The van der Waals surface area contributed by atoms with Gasteiger partial charge in [0.25, 0.3) is 0 Å². The summed E-state index contributed by atoms with van der Waals surface area (Å²) in [6, 6.07) is 1.15. The van der Waals surface area contributed by atoms with E-state index in [0.29, 0.717) is 18.0 Å². The van der Waals surface area contributed by atoms with Gasteiger partial charge in [0.1, 0.15) is 12.2 Å². The number of aromatic nitrogens is 3. The van der Waals surface area contributed by atoms with Gasteiger partial charge < -0.3 is 5.32 Å². The van der Waals surface area contributed by atoms with E-state index in [4.69, 9.17) is 0 Å². The number of hydrogen-bond donors (Lipinski definition) is 1. The van der Waals surface area contributed by atoms with Gasteiger partial charge in [0.05, 0.1) is 6.54 Å². The van der Waals surface area contributed by atoms with Crippen LogP contribution in [-0.2, 0) is 13.6 Å². The maximum atomic E-state index is 4.34. The summed E-state index contributed by atoms with van der Waals surface area (Å²) in [6.45, 7) is 9.92. The molecule has 3 atom stereocenters. The zero-order valence-corrected chi connectivity index (χ0v) is 11.9. The van der Waals surface area contributed by atoms with E-state index in [-0.39, 0.29) is 0 Å². The van der Waals surface area contributed by atoms with Crippen molar-refractivity contribution in [1.29, 1.82) is 0 Å². The lowest BCUT2D eigenvalue weighted by Crippen LogP contribution is -2.57. The number of aryl methyl sites for hydroxylation is 1. The van der Waals surface area contributed by atoms with Gasteiger partial charge in [0, 0.05) is 32.2 Å². The molecule has 3 unspecified atom stereocenters. The first-order valence-corrected chi connectivity index (χ1v) is 6.92. The molecule has 1 N–H and O–H groups in total. The zero-order chi connectivity index (χ0) is 13.1. The van der Waals surface area contributed by atoms with E-state index in [1.165, 1.54) is 6.42 Å². The summed E-state index contributed by atoms with van der Waals surface area (Å²) >= 11 is 0. The van der Waals surface area contributed by atoms with Crippen LogP contribution in [0.3, 0.4) is 0 Å². The number of piperazine rings is 1. The topological polar surface area (TPSA) is 46.0 Å². The van der Waals surface area contributed by atoms with Crippen molar-refractivity contribution in [2.75, 3.05) is 13.1 Å². The first kappa shape index (κ1) is 13.5. The van der Waals surface area contributed by atoms with Gasteiger partial charge in [-0.3, -0.25) is 9.58 Å². The standard InChI is InChI=1S/C13H25N5/c1-5-10(2)12-6-14-11(3)7-18(12)8-13-15-9-16-17(13)4/h9-12,14H,5-8H2,1-4H3. The molecule has 1 saturated heterocycles. The van der Waals surface area contributed by atoms with Gasteiger partial charge >= 0.3 is 0 Å². The van der Waals surface area contributed by atoms with E-state index >= 15 is 0 Å². The smallest absolute Gasteiger partial charge is 0.140 e. The molecular formula is C13H25N5. The molecular weight excluding hydrogens is 226 g/mol. The van der Waals surface area contributed by atoms with Gasteiger partial charge in [-0.25, -0.2) is 4.98 Å². The lowest BCUT2D eigenvalue weighted by molar-refractivity contribution is 0.0848. The van der Waals surface area contributed by atoms with E-state index in [1.54, 1.807) is 6.33 Å². The minimum Gasteiger partial charge on any atom is -0.311 e. The molecule has 2 heterocycles. The maximum Gasteiger partial charge on any atom is 0.140 e. The summed E-state index contributed by atoms with van der Waals surface area (Å²) in [5.41, 5.74) is 0. The van der Waals surface area contributed by atoms with Crippen LogP contribution in [0.1, 0.15) is 33.0 Å². The summed E-state index contributed by atoms with van der Waals surface area (Å²) in [6.07, 6.45) is 2.86. The Labute approximate surface area is 110 Å². The van der Waals surface area contributed by atoms with Gasteiger partial charge in [-0.15, -0.1) is 0 Å². The van der Waals surface area contributed by atoms with Gasteiger partial charge in [0.15, 0.2) is 0 Å². The van der Waals surface area contributed by atoms with Crippen LogP contribution in [-0.4, -0.2) is 44.8 Å². The maximum absolute atomic E-state index is 4.34. The van der Waals surface area contributed by atoms with Crippen LogP contribution in [0.15, 0.2) is 6.33 Å². The van der Waals surface area contributed by atoms with E-state index in [9.17, 15) is 0 Å². The van der Waals surface area contributed by atoms with Crippen LogP contribution in [0.2, 0.25) is 0 Å². The third-order valence-electron chi connectivity index (χ3n) is 4.10. The predicted octanol–water partition coefficient (Wildman–Crippen LogP) is 1.02. The van der Waals surface area contributed by atoms with Gasteiger partial charge in [-0.1, -0.05) is 20.3 Å². The van der Waals surface area contributed by atoms with Crippen LogP contribution < -0.4 is 5.32 Å². The molecule has 18 heavy (non-hydrogen) atoms. The van der Waals surface area contributed by atoms with E-state index in [1.807, 2.05) is 11.7 Å². The summed E-state index contributed by atoms with van der Waals surface area (Å²) in [5.74, 6) is 1.76. The molecule has 0 bridgehead atoms. The Morgan fingerprint density at radius 1 is 1.56 bits per heavy atom. The van der Waals surface area contributed by atoms with Crippen molar-refractivity contribution < 1.29 is 0 Å². The molecule has 0 saturated carbocycles. The Morgan fingerprint density at radius 3 is 2.94 bits per heavy atom. The molecule has 0 spiro atoms. The summed E-state index contributed by atoms with van der Waals surface area (Å²) in [7, 11) is 1.96. The highest BCUT2D eigenvalue weighted by Gasteiger charge is 2.29. The molecule has 0 aromatic carbocycles. The second-order valence-corrected chi connectivity index (χ2v) is 5.49. The highest BCUT2D eigenvalue weighted by Crippen LogP contribution is 2.19. The van der Waals surface area contributed by atoms with E-state index in [2.05, 4.69) is 41.1 Å². The Morgan fingerprint density at radius 2 is 2.33 bits per heavy atom. The fraction of sp³-hybridized carbons (Fsp3) is 0.846. The molecule has 1 aromatic heterocycles. The molecule has 102 valence electrons. The van der Waals surface area contributed by atoms with Crippen LogP contribution in [0.4, 0.5) is 0 Å². The van der Waals surface area contributed by atoms with Gasteiger partial charge in [0.2, 0.25) is 0 Å². The summed E-state index contributed by atoms with van der Waals surface area (Å²) < 4.78 is 1.88. The largest absolute Gasteiger partial charge is 0.311 e. The van der Waals surface area contributed by atoms with Crippen molar-refractivity contribution in [2.45, 2.75) is 45.8 Å². The van der Waals surface area contributed by atoms with Crippen LogP contribution in [0.25, 0.3) is 0 Å². The SMILES string of the molecule is CCC(C)C1CNC(C)CN1Cc1ncnn1C. The summed E-state index contributed by atoms with van der Waals surface area (Å²) in [5, 5.41) is 7.74. The molecule has 5 nitrogen and oxygen atoms in total. The normalized spacial score (nSPS) is 27.3. The third-order valence-corrected chi connectivity index (χ3v) is 4.10. The lowest BCUT2D eigenvalue weighted by Gasteiger charge is -2.41. The van der Waals surface area contributed by atoms with Crippen LogP contribution in [0.5, 0.6) is 0 Å². The minimum absolute atomic E-state index is 0.554.